The van der Waals surface area contributed by atoms with E-state index in [9.17, 15) is 0 Å². The third-order valence-electron chi connectivity index (χ3n) is 3.04. The Balaban J connectivity index is 2.10. The fraction of sp³-hybridized carbons (Fsp3) is 0.143. The van der Waals surface area contributed by atoms with Crippen molar-refractivity contribution < 1.29 is 4.52 Å². The van der Waals surface area contributed by atoms with Gasteiger partial charge in [0.25, 0.3) is 5.89 Å². The number of anilines is 1. The number of aromatic nitrogens is 2. The van der Waals surface area contributed by atoms with Gasteiger partial charge >= 0.3 is 0 Å². The molecule has 19 heavy (non-hydrogen) atoms. The first-order chi connectivity index (χ1) is 9.16. The molecule has 5 heteroatoms. The quantitative estimate of drug-likeness (QED) is 0.722. The van der Waals surface area contributed by atoms with Gasteiger partial charge in [-0.2, -0.15) is 16.3 Å². The van der Waals surface area contributed by atoms with Crippen LogP contribution in [0.15, 0.2) is 33.5 Å². The summed E-state index contributed by atoms with van der Waals surface area (Å²) in [5, 5.41) is 8.13. The monoisotopic (exact) mass is 271 g/mol. The van der Waals surface area contributed by atoms with E-state index >= 15 is 0 Å². The molecule has 0 saturated carbocycles. The molecule has 0 aliphatic heterocycles. The Morgan fingerprint density at radius 3 is 2.68 bits per heavy atom. The van der Waals surface area contributed by atoms with Crippen molar-refractivity contribution in [2.45, 2.75) is 13.8 Å². The number of nitrogens with two attached hydrogens (primary N) is 1. The van der Waals surface area contributed by atoms with Crippen LogP contribution < -0.4 is 5.73 Å². The topological polar surface area (TPSA) is 64.9 Å². The van der Waals surface area contributed by atoms with E-state index in [4.69, 9.17) is 10.3 Å². The molecule has 0 aliphatic rings. The average molecular weight is 271 g/mol. The summed E-state index contributed by atoms with van der Waals surface area (Å²) >= 11 is 1.63. The van der Waals surface area contributed by atoms with E-state index in [1.165, 1.54) is 0 Å². The third-order valence-corrected chi connectivity index (χ3v) is 3.90. The van der Waals surface area contributed by atoms with Gasteiger partial charge in [0.2, 0.25) is 5.82 Å². The summed E-state index contributed by atoms with van der Waals surface area (Å²) in [5.41, 5.74) is 10.6. The number of hydrogen-bond donors (Lipinski definition) is 1. The summed E-state index contributed by atoms with van der Waals surface area (Å²) in [4.78, 5) is 4.45. The summed E-state index contributed by atoms with van der Waals surface area (Å²) in [6.07, 6.45) is 0. The number of nitrogens with zero attached hydrogens (tertiary/aromatic N) is 2. The molecule has 4 nitrogen and oxygen atoms in total. The molecule has 0 amide bonds. The van der Waals surface area contributed by atoms with Crippen LogP contribution in [0, 0.1) is 13.8 Å². The van der Waals surface area contributed by atoms with Gasteiger partial charge in [-0.15, -0.1) is 0 Å². The van der Waals surface area contributed by atoms with Crippen LogP contribution in [-0.4, -0.2) is 10.1 Å². The van der Waals surface area contributed by atoms with E-state index in [1.54, 1.807) is 11.3 Å². The SMILES string of the molecule is Cc1cscc1-c1noc(-c2c(C)cccc2N)n1. The molecule has 0 bridgehead atoms. The predicted octanol–water partition coefficient (Wildman–Crippen LogP) is 3.66. The van der Waals surface area contributed by atoms with Gasteiger partial charge in [0.1, 0.15) is 0 Å². The van der Waals surface area contributed by atoms with Crippen molar-refractivity contribution in [3.63, 3.8) is 0 Å². The minimum atomic E-state index is 0.469. The number of rotatable bonds is 2. The molecule has 3 aromatic rings. The highest BCUT2D eigenvalue weighted by Crippen LogP contribution is 2.31. The molecule has 2 heterocycles. The van der Waals surface area contributed by atoms with Gasteiger partial charge in [0.05, 0.1) is 5.56 Å². The zero-order valence-electron chi connectivity index (χ0n) is 10.7. The lowest BCUT2D eigenvalue weighted by Gasteiger charge is -2.03. The van der Waals surface area contributed by atoms with E-state index < -0.39 is 0 Å². The summed E-state index contributed by atoms with van der Waals surface area (Å²) < 4.78 is 5.35. The number of benzene rings is 1. The third kappa shape index (κ3) is 2.02. The zero-order chi connectivity index (χ0) is 13.4. The second-order valence-electron chi connectivity index (χ2n) is 4.43. The lowest BCUT2D eigenvalue weighted by atomic mass is 10.1. The molecule has 0 spiro atoms. The highest BCUT2D eigenvalue weighted by molar-refractivity contribution is 7.08. The second-order valence-corrected chi connectivity index (χ2v) is 5.17. The summed E-state index contributed by atoms with van der Waals surface area (Å²) in [5.74, 6) is 1.08. The Kier molecular flexibility index (Phi) is 2.83. The van der Waals surface area contributed by atoms with E-state index in [2.05, 4.69) is 15.5 Å². The van der Waals surface area contributed by atoms with Crippen LogP contribution in [0.3, 0.4) is 0 Å². The molecule has 0 saturated heterocycles. The smallest absolute Gasteiger partial charge is 0.260 e. The fourth-order valence-electron chi connectivity index (χ4n) is 2.01. The van der Waals surface area contributed by atoms with Crippen LogP contribution >= 0.6 is 11.3 Å². The molecule has 0 atom stereocenters. The Bertz CT molecular complexity index is 710. The minimum Gasteiger partial charge on any atom is -0.398 e. The Labute approximate surface area is 114 Å². The maximum absolute atomic E-state index is 5.99. The second kappa shape index (κ2) is 4.51. The van der Waals surface area contributed by atoms with Gasteiger partial charge in [-0.05, 0) is 36.4 Å². The molecule has 0 fully saturated rings. The molecule has 96 valence electrons. The molecule has 0 radical (unpaired) electrons. The molecular weight excluding hydrogens is 258 g/mol. The van der Waals surface area contributed by atoms with Crippen LogP contribution in [0.2, 0.25) is 0 Å². The number of nitrogen functional groups attached to an aromatic ring is 1. The Morgan fingerprint density at radius 2 is 2.00 bits per heavy atom. The number of thiophene rings is 1. The highest BCUT2D eigenvalue weighted by atomic mass is 32.1. The first-order valence-electron chi connectivity index (χ1n) is 5.89. The zero-order valence-corrected chi connectivity index (χ0v) is 11.5. The first kappa shape index (κ1) is 11.9. The fourth-order valence-corrected chi connectivity index (χ4v) is 2.83. The van der Waals surface area contributed by atoms with Crippen molar-refractivity contribution in [3.05, 3.63) is 40.1 Å². The molecule has 2 N–H and O–H groups in total. The van der Waals surface area contributed by atoms with Gasteiger partial charge in [0, 0.05) is 16.6 Å². The summed E-state index contributed by atoms with van der Waals surface area (Å²) in [7, 11) is 0. The molecule has 0 aliphatic carbocycles. The van der Waals surface area contributed by atoms with Crippen molar-refractivity contribution in [3.8, 4) is 22.8 Å². The van der Waals surface area contributed by atoms with Crippen LogP contribution in [-0.2, 0) is 0 Å². The Hall–Kier alpha value is -2.14. The normalized spacial score (nSPS) is 10.8. The van der Waals surface area contributed by atoms with Gasteiger partial charge in [-0.1, -0.05) is 17.3 Å². The van der Waals surface area contributed by atoms with Gasteiger partial charge < -0.3 is 10.3 Å². The lowest BCUT2D eigenvalue weighted by Crippen LogP contribution is -1.92. The minimum absolute atomic E-state index is 0.469. The predicted molar refractivity (Wildman–Crippen MR) is 76.9 cm³/mol. The van der Waals surface area contributed by atoms with Crippen molar-refractivity contribution in [1.29, 1.82) is 0 Å². The maximum Gasteiger partial charge on any atom is 0.260 e. The van der Waals surface area contributed by atoms with Crippen molar-refractivity contribution in [1.82, 2.24) is 10.1 Å². The van der Waals surface area contributed by atoms with Crippen LogP contribution in [0.4, 0.5) is 5.69 Å². The molecular formula is C14H13N3OS. The standard InChI is InChI=1S/C14H13N3OS/c1-8-4-3-5-11(15)12(8)14-16-13(17-18-14)10-7-19-6-9(10)2/h3-7H,15H2,1-2H3. The van der Waals surface area contributed by atoms with E-state index in [0.717, 1.165) is 22.3 Å². The summed E-state index contributed by atoms with van der Waals surface area (Å²) in [6, 6.07) is 5.72. The molecule has 3 rings (SSSR count). The van der Waals surface area contributed by atoms with Crippen LogP contribution in [0.25, 0.3) is 22.8 Å². The largest absolute Gasteiger partial charge is 0.398 e. The maximum atomic E-state index is 5.99. The molecule has 2 aromatic heterocycles. The average Bonchev–Trinajstić information content (AvgIpc) is 2.98. The van der Waals surface area contributed by atoms with Crippen LogP contribution in [0.1, 0.15) is 11.1 Å². The number of hydrogen-bond acceptors (Lipinski definition) is 5. The Morgan fingerprint density at radius 1 is 1.16 bits per heavy atom. The van der Waals surface area contributed by atoms with Gasteiger partial charge in [0.15, 0.2) is 0 Å². The highest BCUT2D eigenvalue weighted by Gasteiger charge is 2.16. The van der Waals surface area contributed by atoms with Gasteiger partial charge in [-0.25, -0.2) is 0 Å². The van der Waals surface area contributed by atoms with E-state index in [1.807, 2.05) is 37.4 Å². The van der Waals surface area contributed by atoms with Crippen LogP contribution in [0.5, 0.6) is 0 Å². The van der Waals surface area contributed by atoms with E-state index in [0.29, 0.717) is 17.4 Å². The van der Waals surface area contributed by atoms with Crippen molar-refractivity contribution >= 4 is 17.0 Å². The van der Waals surface area contributed by atoms with Crippen molar-refractivity contribution in [2.24, 2.45) is 0 Å². The van der Waals surface area contributed by atoms with Crippen molar-refractivity contribution in [2.75, 3.05) is 5.73 Å². The molecule has 1 aromatic carbocycles. The number of aryl methyl sites for hydroxylation is 2. The lowest BCUT2D eigenvalue weighted by molar-refractivity contribution is 0.432. The van der Waals surface area contributed by atoms with E-state index in [-0.39, 0.29) is 0 Å². The summed E-state index contributed by atoms with van der Waals surface area (Å²) in [6.45, 7) is 4.01. The molecule has 0 unspecified atom stereocenters. The first-order valence-corrected chi connectivity index (χ1v) is 6.83. The van der Waals surface area contributed by atoms with Gasteiger partial charge in [-0.3, -0.25) is 0 Å².